The number of benzene rings is 1. The van der Waals surface area contributed by atoms with Crippen molar-refractivity contribution in [1.29, 1.82) is 0 Å². The van der Waals surface area contributed by atoms with Crippen LogP contribution >= 0.6 is 11.3 Å². The number of carbonyl (C=O) groups is 1. The smallest absolute Gasteiger partial charge is 0.252 e. The number of nitrogens with zero attached hydrogens (tertiary/aromatic N) is 2. The Bertz CT molecular complexity index is 1030. The molecule has 1 aliphatic heterocycles. The summed E-state index contributed by atoms with van der Waals surface area (Å²) in [6.07, 6.45) is 5.66. The number of likely N-dealkylation sites (tertiary alicyclic amines) is 1. The van der Waals surface area contributed by atoms with E-state index >= 15 is 0 Å². The highest BCUT2D eigenvalue weighted by atomic mass is 32.1. The van der Waals surface area contributed by atoms with E-state index in [9.17, 15) is 4.79 Å². The van der Waals surface area contributed by atoms with Crippen LogP contribution in [0.5, 0.6) is 0 Å². The predicted molar refractivity (Wildman–Crippen MR) is 122 cm³/mol. The van der Waals surface area contributed by atoms with Crippen LogP contribution in [0.2, 0.25) is 0 Å². The summed E-state index contributed by atoms with van der Waals surface area (Å²) in [5.41, 5.74) is 4.46. The molecule has 0 bridgehead atoms. The minimum Gasteiger partial charge on any atom is -0.378 e. The van der Waals surface area contributed by atoms with Crippen molar-refractivity contribution in [2.45, 2.75) is 36.9 Å². The van der Waals surface area contributed by atoms with Crippen molar-refractivity contribution < 1.29 is 9.53 Å². The molecule has 0 radical (unpaired) electrons. The summed E-state index contributed by atoms with van der Waals surface area (Å²) in [4.78, 5) is 19.5. The average Bonchev–Trinajstić information content (AvgIpc) is 3.43. The summed E-state index contributed by atoms with van der Waals surface area (Å²) in [6.45, 7) is 2.94. The van der Waals surface area contributed by atoms with Crippen molar-refractivity contribution in [3.63, 3.8) is 0 Å². The van der Waals surface area contributed by atoms with Gasteiger partial charge in [0.25, 0.3) is 5.91 Å². The molecule has 2 aromatic heterocycles. The lowest BCUT2D eigenvalue weighted by Gasteiger charge is -2.44. The van der Waals surface area contributed by atoms with Crippen LogP contribution in [0, 0.1) is 0 Å². The number of nitrogens with one attached hydrogen (secondary N) is 1. The molecule has 1 aromatic carbocycles. The highest BCUT2D eigenvalue weighted by Gasteiger charge is 2.53. The molecule has 2 aliphatic rings. The lowest BCUT2D eigenvalue weighted by Crippen LogP contribution is -2.50. The first kappa shape index (κ1) is 20.4. The Morgan fingerprint density at radius 3 is 2.68 bits per heavy atom. The van der Waals surface area contributed by atoms with E-state index in [1.165, 1.54) is 28.0 Å². The summed E-state index contributed by atoms with van der Waals surface area (Å²) in [5, 5.41) is 7.11. The molecule has 3 heterocycles. The van der Waals surface area contributed by atoms with Crippen molar-refractivity contribution in [2.75, 3.05) is 20.2 Å². The molecule has 0 saturated carbocycles. The van der Waals surface area contributed by atoms with Crippen LogP contribution < -0.4 is 5.32 Å². The second-order valence-corrected chi connectivity index (χ2v) is 9.27. The number of amides is 1. The summed E-state index contributed by atoms with van der Waals surface area (Å²) in [5.74, 6) is -0.0322. The van der Waals surface area contributed by atoms with Gasteiger partial charge < -0.3 is 10.1 Å². The third kappa shape index (κ3) is 3.69. The molecule has 2 atom stereocenters. The molecule has 160 valence electrons. The maximum Gasteiger partial charge on any atom is 0.252 e. The zero-order chi connectivity index (χ0) is 21.3. The number of carbonyl (C=O) groups excluding carboxylic acids is 1. The molecule has 1 amide bonds. The fourth-order valence-electron chi connectivity index (χ4n) is 5.40. The number of pyridine rings is 1. The van der Waals surface area contributed by atoms with Crippen LogP contribution in [-0.2, 0) is 16.7 Å². The first-order chi connectivity index (χ1) is 15.2. The minimum atomic E-state index is -0.139. The fourth-order valence-corrected chi connectivity index (χ4v) is 6.04. The Morgan fingerprint density at radius 1 is 1.19 bits per heavy atom. The number of fused-ring (bicyclic) bond motifs is 2. The molecule has 1 saturated heterocycles. The van der Waals surface area contributed by atoms with Gasteiger partial charge in [0.05, 0.1) is 17.7 Å². The number of hydrogen-bond donors (Lipinski definition) is 1. The largest absolute Gasteiger partial charge is 0.378 e. The maximum absolute atomic E-state index is 12.9. The molecule has 6 heteroatoms. The van der Waals surface area contributed by atoms with Crippen molar-refractivity contribution in [3.8, 4) is 0 Å². The van der Waals surface area contributed by atoms with Crippen LogP contribution in [0.3, 0.4) is 0 Å². The standard InChI is InChI=1S/C25H27N3O2S/c1-30-23-22(27-24(29)19-8-15-31-17-19)20-4-2-3-5-21(20)25(23)9-13-28(14-10-25)16-18-6-11-26-12-7-18/h2-8,11-12,15,17,22-23H,9-10,13-14,16H2,1H3,(H,27,29)/t22-,23+/m1/s1. The van der Waals surface area contributed by atoms with E-state index in [4.69, 9.17) is 4.74 Å². The molecular formula is C25H27N3O2S. The quantitative estimate of drug-likeness (QED) is 0.656. The lowest BCUT2D eigenvalue weighted by atomic mass is 9.72. The lowest BCUT2D eigenvalue weighted by molar-refractivity contribution is -0.0122. The van der Waals surface area contributed by atoms with Crippen molar-refractivity contribution in [1.82, 2.24) is 15.2 Å². The van der Waals surface area contributed by atoms with E-state index in [2.05, 4.69) is 51.6 Å². The fraction of sp³-hybridized carbons (Fsp3) is 0.360. The molecule has 1 spiro atoms. The second-order valence-electron chi connectivity index (χ2n) is 8.49. The van der Waals surface area contributed by atoms with Gasteiger partial charge in [-0.2, -0.15) is 11.3 Å². The molecule has 1 N–H and O–H groups in total. The van der Waals surface area contributed by atoms with Gasteiger partial charge in [-0.25, -0.2) is 0 Å². The van der Waals surface area contributed by atoms with Gasteiger partial charge in [-0.1, -0.05) is 24.3 Å². The SMILES string of the molecule is CO[C@H]1[C@H](NC(=O)c2ccsc2)c2ccccc2C12CCN(Cc1ccncc1)CC2. The number of rotatable bonds is 5. The van der Waals surface area contributed by atoms with Crippen molar-refractivity contribution >= 4 is 17.2 Å². The van der Waals surface area contributed by atoms with Gasteiger partial charge in [0.1, 0.15) is 0 Å². The predicted octanol–water partition coefficient (Wildman–Crippen LogP) is 4.18. The third-order valence-electron chi connectivity index (χ3n) is 6.91. The van der Waals surface area contributed by atoms with E-state index in [-0.39, 0.29) is 23.5 Å². The zero-order valence-electron chi connectivity index (χ0n) is 17.7. The number of ether oxygens (including phenoxy) is 1. The van der Waals surface area contributed by atoms with Gasteiger partial charge in [-0.15, -0.1) is 0 Å². The molecule has 5 nitrogen and oxygen atoms in total. The van der Waals surface area contributed by atoms with Crippen LogP contribution in [0.4, 0.5) is 0 Å². The van der Waals surface area contributed by atoms with Crippen LogP contribution in [0.15, 0.2) is 65.6 Å². The molecule has 31 heavy (non-hydrogen) atoms. The van der Waals surface area contributed by atoms with Gasteiger partial charge in [0, 0.05) is 36.8 Å². The van der Waals surface area contributed by atoms with Crippen LogP contribution in [0.1, 0.15) is 45.9 Å². The first-order valence-corrected chi connectivity index (χ1v) is 11.7. The monoisotopic (exact) mass is 433 g/mol. The third-order valence-corrected chi connectivity index (χ3v) is 7.59. The maximum atomic E-state index is 12.9. The van der Waals surface area contributed by atoms with Gasteiger partial charge in [-0.05, 0) is 66.2 Å². The Morgan fingerprint density at radius 2 is 1.97 bits per heavy atom. The Kier molecular flexibility index (Phi) is 5.61. The number of methoxy groups -OCH3 is 1. The normalized spacial score (nSPS) is 22.4. The molecule has 1 aliphatic carbocycles. The highest BCUT2D eigenvalue weighted by molar-refractivity contribution is 7.08. The van der Waals surface area contributed by atoms with Gasteiger partial charge in [-0.3, -0.25) is 14.7 Å². The molecule has 1 fully saturated rings. The van der Waals surface area contributed by atoms with E-state index in [1.807, 2.05) is 29.2 Å². The highest BCUT2D eigenvalue weighted by Crippen LogP contribution is 2.52. The van der Waals surface area contributed by atoms with Gasteiger partial charge in [0.2, 0.25) is 0 Å². The number of hydrogen-bond acceptors (Lipinski definition) is 5. The van der Waals surface area contributed by atoms with E-state index in [1.54, 1.807) is 7.11 Å². The van der Waals surface area contributed by atoms with E-state index in [0.717, 1.165) is 32.5 Å². The number of thiophene rings is 1. The Balaban J connectivity index is 1.39. The van der Waals surface area contributed by atoms with E-state index in [0.29, 0.717) is 5.56 Å². The molecule has 5 rings (SSSR count). The number of piperidine rings is 1. The second kappa shape index (κ2) is 8.54. The average molecular weight is 434 g/mol. The Labute approximate surface area is 187 Å². The van der Waals surface area contributed by atoms with Gasteiger partial charge >= 0.3 is 0 Å². The van der Waals surface area contributed by atoms with Crippen molar-refractivity contribution in [3.05, 3.63) is 87.9 Å². The summed E-state index contributed by atoms with van der Waals surface area (Å²) in [6, 6.07) is 14.5. The van der Waals surface area contributed by atoms with E-state index < -0.39 is 0 Å². The van der Waals surface area contributed by atoms with Crippen molar-refractivity contribution in [2.24, 2.45) is 0 Å². The summed E-state index contributed by atoms with van der Waals surface area (Å²) < 4.78 is 6.13. The van der Waals surface area contributed by atoms with Crippen LogP contribution in [0.25, 0.3) is 0 Å². The topological polar surface area (TPSA) is 54.5 Å². The molecule has 3 aromatic rings. The molecular weight excluding hydrogens is 406 g/mol. The Hall–Kier alpha value is -2.54. The van der Waals surface area contributed by atoms with Crippen LogP contribution in [-0.4, -0.2) is 42.1 Å². The minimum absolute atomic E-state index is 0.0322. The summed E-state index contributed by atoms with van der Waals surface area (Å²) in [7, 11) is 1.78. The number of aromatic nitrogens is 1. The summed E-state index contributed by atoms with van der Waals surface area (Å²) >= 11 is 1.54. The molecule has 0 unspecified atom stereocenters. The van der Waals surface area contributed by atoms with Gasteiger partial charge in [0.15, 0.2) is 0 Å². The first-order valence-electron chi connectivity index (χ1n) is 10.8. The zero-order valence-corrected chi connectivity index (χ0v) is 18.5.